The summed E-state index contributed by atoms with van der Waals surface area (Å²) in [5.41, 5.74) is 9.21. The van der Waals surface area contributed by atoms with Crippen molar-refractivity contribution in [3.8, 4) is 17.1 Å². The van der Waals surface area contributed by atoms with Gasteiger partial charge in [-0.1, -0.05) is 12.1 Å². The molecule has 19 heteroatoms. The summed E-state index contributed by atoms with van der Waals surface area (Å²) in [6, 6.07) is 15.0. The van der Waals surface area contributed by atoms with Crippen molar-refractivity contribution < 1.29 is 51.9 Å². The van der Waals surface area contributed by atoms with Gasteiger partial charge in [-0.3, -0.25) is 24.7 Å². The number of carbonyl (C=O) groups excluding carboxylic acids is 3. The Balaban J connectivity index is 0.896. The number of imidazole rings is 1. The Morgan fingerprint density at radius 3 is 2.10 bits per heavy atom. The first kappa shape index (κ1) is 47.8. The van der Waals surface area contributed by atoms with E-state index in [-0.39, 0.29) is 50.2 Å². The number of halogens is 1. The quantitative estimate of drug-likeness (QED) is 0.0325. The number of hydrogen-bond acceptors (Lipinski definition) is 15. The van der Waals surface area contributed by atoms with Crippen LogP contribution in [0.3, 0.4) is 0 Å². The van der Waals surface area contributed by atoms with E-state index in [2.05, 4.69) is 25.6 Å². The van der Waals surface area contributed by atoms with Crippen molar-refractivity contribution in [1.29, 1.82) is 0 Å². The van der Waals surface area contributed by atoms with Gasteiger partial charge >= 0.3 is 5.97 Å². The van der Waals surface area contributed by atoms with Gasteiger partial charge < -0.3 is 48.8 Å². The first-order chi connectivity index (χ1) is 30.3. The molecule has 3 aromatic heterocycles. The lowest BCUT2D eigenvalue weighted by atomic mass is 10.2. The van der Waals surface area contributed by atoms with Gasteiger partial charge in [-0.25, -0.2) is 14.4 Å². The highest BCUT2D eigenvalue weighted by molar-refractivity contribution is 7.14. The molecule has 334 valence electrons. The van der Waals surface area contributed by atoms with Gasteiger partial charge in [0.1, 0.15) is 11.5 Å². The number of amides is 2. The second-order valence-corrected chi connectivity index (χ2v) is 14.4. The summed E-state index contributed by atoms with van der Waals surface area (Å²) in [7, 11) is 0. The molecule has 0 unspecified atom stereocenters. The molecule has 0 spiro atoms. The Kier molecular flexibility index (Phi) is 20.8. The fraction of sp³-hybridized carbons (Fsp3) is 0.442. The molecule has 17 nitrogen and oxygen atoms in total. The van der Waals surface area contributed by atoms with Crippen LogP contribution in [0.5, 0.6) is 5.75 Å². The average molecular weight is 880 g/mol. The molecular weight excluding hydrogens is 826 g/mol. The Morgan fingerprint density at radius 1 is 0.774 bits per heavy atom. The fourth-order valence-corrected chi connectivity index (χ4v) is 6.54. The van der Waals surface area contributed by atoms with Crippen molar-refractivity contribution in [1.82, 2.24) is 24.8 Å². The number of nitrogens with two attached hydrogens (primary N) is 1. The van der Waals surface area contributed by atoms with E-state index in [0.717, 1.165) is 17.0 Å². The first-order valence-electron chi connectivity index (χ1n) is 20.4. The third-order valence-electron chi connectivity index (χ3n) is 8.92. The molecule has 0 bridgehead atoms. The number of nitrogens with zero attached hydrogens (tertiary/aromatic N) is 4. The molecule has 5 rings (SSSR count). The summed E-state index contributed by atoms with van der Waals surface area (Å²) in [4.78, 5) is 51.3. The Morgan fingerprint density at radius 2 is 1.45 bits per heavy atom. The van der Waals surface area contributed by atoms with E-state index in [0.29, 0.717) is 113 Å². The van der Waals surface area contributed by atoms with Gasteiger partial charge in [-0.05, 0) is 61.4 Å². The summed E-state index contributed by atoms with van der Waals surface area (Å²) in [6.45, 7) is 7.87. The van der Waals surface area contributed by atoms with E-state index in [1.54, 1.807) is 24.4 Å². The number of hydrogen-bond donors (Lipinski definition) is 3. The third-order valence-corrected chi connectivity index (χ3v) is 9.68. The number of carbonyl (C=O) groups is 3. The van der Waals surface area contributed by atoms with Crippen LogP contribution in [-0.4, -0.2) is 123 Å². The zero-order chi connectivity index (χ0) is 43.8. The summed E-state index contributed by atoms with van der Waals surface area (Å²) in [5.74, 6) is -1.31. The SMILES string of the molecule is Cc1nc2cc(C(=O)Nc3nc(-c4ccccn4)cs3)ccc2n1CCCC(=O)NCc1ccc(OC(=O)CCOCCOCCOCCOCCOCCOCCN)c(F)c1. The highest BCUT2D eigenvalue weighted by Crippen LogP contribution is 2.25. The van der Waals surface area contributed by atoms with Crippen LogP contribution in [0.15, 0.2) is 66.2 Å². The molecule has 0 aliphatic carbocycles. The highest BCUT2D eigenvalue weighted by atomic mass is 32.1. The lowest BCUT2D eigenvalue weighted by molar-refractivity contribution is -0.136. The van der Waals surface area contributed by atoms with Gasteiger partial charge in [0, 0.05) is 43.2 Å². The number of rotatable bonds is 30. The van der Waals surface area contributed by atoms with E-state index in [1.165, 1.54) is 23.5 Å². The largest absolute Gasteiger partial charge is 0.423 e. The monoisotopic (exact) mass is 879 g/mol. The van der Waals surface area contributed by atoms with Crippen LogP contribution in [-0.2, 0) is 51.1 Å². The molecule has 3 heterocycles. The zero-order valence-electron chi connectivity index (χ0n) is 34.8. The van der Waals surface area contributed by atoms with Crippen LogP contribution in [0, 0.1) is 12.7 Å². The van der Waals surface area contributed by atoms with Crippen LogP contribution >= 0.6 is 11.3 Å². The first-order valence-corrected chi connectivity index (χ1v) is 21.3. The number of pyridine rings is 1. The zero-order valence-corrected chi connectivity index (χ0v) is 35.6. The molecule has 2 amide bonds. The number of thiazole rings is 1. The molecule has 62 heavy (non-hydrogen) atoms. The summed E-state index contributed by atoms with van der Waals surface area (Å²) in [6.07, 6.45) is 2.38. The van der Waals surface area contributed by atoms with Crippen LogP contribution in [0.4, 0.5) is 9.52 Å². The maximum Gasteiger partial charge on any atom is 0.313 e. The van der Waals surface area contributed by atoms with E-state index in [1.807, 2.05) is 41.1 Å². The Hall–Kier alpha value is -5.25. The van der Waals surface area contributed by atoms with Crippen molar-refractivity contribution in [2.45, 2.75) is 39.3 Å². The van der Waals surface area contributed by atoms with E-state index < -0.39 is 11.8 Å². The van der Waals surface area contributed by atoms with Gasteiger partial charge in [0.15, 0.2) is 16.7 Å². The van der Waals surface area contributed by atoms with Crippen molar-refractivity contribution in [3.05, 3.63) is 88.9 Å². The topological polar surface area (TPSA) is 209 Å². The third kappa shape index (κ3) is 16.6. The van der Waals surface area contributed by atoms with Crippen LogP contribution < -0.4 is 21.1 Å². The minimum atomic E-state index is -0.719. The molecule has 4 N–H and O–H groups in total. The predicted molar refractivity (Wildman–Crippen MR) is 229 cm³/mol. The molecule has 0 saturated heterocycles. The van der Waals surface area contributed by atoms with Gasteiger partial charge in [-0.15, -0.1) is 11.3 Å². The van der Waals surface area contributed by atoms with Crippen molar-refractivity contribution >= 4 is 45.3 Å². The van der Waals surface area contributed by atoms with E-state index in [9.17, 15) is 18.8 Å². The smallest absolute Gasteiger partial charge is 0.313 e. The molecular formula is C43H54FN7O10S. The molecule has 5 aromatic rings. The van der Waals surface area contributed by atoms with Gasteiger partial charge in [0.25, 0.3) is 5.91 Å². The molecule has 0 aliphatic heterocycles. The van der Waals surface area contributed by atoms with Gasteiger partial charge in [-0.2, -0.15) is 0 Å². The lowest BCUT2D eigenvalue weighted by Crippen LogP contribution is -2.23. The second-order valence-electron chi connectivity index (χ2n) is 13.6. The Bertz CT molecular complexity index is 2140. The summed E-state index contributed by atoms with van der Waals surface area (Å²) < 4.78 is 54.2. The minimum Gasteiger partial charge on any atom is -0.423 e. The predicted octanol–water partition coefficient (Wildman–Crippen LogP) is 4.71. The molecule has 0 saturated carbocycles. The van der Waals surface area contributed by atoms with Crippen molar-refractivity contribution in [2.24, 2.45) is 5.73 Å². The average Bonchev–Trinajstić information content (AvgIpc) is 3.87. The molecule has 0 aliphatic rings. The number of fused-ring (bicyclic) bond motifs is 1. The van der Waals surface area contributed by atoms with Crippen LogP contribution in [0.1, 0.15) is 41.0 Å². The summed E-state index contributed by atoms with van der Waals surface area (Å²) in [5, 5.41) is 7.96. The van der Waals surface area contributed by atoms with E-state index >= 15 is 0 Å². The van der Waals surface area contributed by atoms with Gasteiger partial charge in [0.2, 0.25) is 5.91 Å². The molecule has 0 atom stereocenters. The number of benzene rings is 2. The number of esters is 1. The van der Waals surface area contributed by atoms with Gasteiger partial charge in [0.05, 0.1) is 102 Å². The minimum absolute atomic E-state index is 0.0666. The number of ether oxygens (including phenoxy) is 7. The number of anilines is 1. The lowest BCUT2D eigenvalue weighted by Gasteiger charge is -2.10. The molecule has 0 fully saturated rings. The van der Waals surface area contributed by atoms with Crippen molar-refractivity contribution in [2.75, 3.05) is 91.1 Å². The molecule has 0 radical (unpaired) electrons. The Labute approximate surface area is 363 Å². The number of nitrogens with one attached hydrogen (secondary N) is 2. The maximum atomic E-state index is 14.8. The van der Waals surface area contributed by atoms with Crippen LogP contribution in [0.25, 0.3) is 22.4 Å². The number of aromatic nitrogens is 4. The highest BCUT2D eigenvalue weighted by Gasteiger charge is 2.15. The van der Waals surface area contributed by atoms with Crippen LogP contribution in [0.2, 0.25) is 0 Å². The molecule has 2 aromatic carbocycles. The van der Waals surface area contributed by atoms with Crippen molar-refractivity contribution in [3.63, 3.8) is 0 Å². The normalized spacial score (nSPS) is 11.3. The maximum absolute atomic E-state index is 14.8. The van der Waals surface area contributed by atoms with E-state index in [4.69, 9.17) is 38.9 Å². The number of aryl methyl sites for hydroxylation is 2. The second kappa shape index (κ2) is 26.9. The summed E-state index contributed by atoms with van der Waals surface area (Å²) >= 11 is 1.32. The standard InChI is InChI=1S/C43H54FN7O10S/c1-31-48-36-28-33(42(54)50-43-49-37(30-62-43)35-5-2-3-13-46-35)8-9-38(36)51(31)14-4-6-40(52)47-29-32-7-10-39(34(44)27-32)61-41(53)11-15-55-17-19-57-21-23-59-25-26-60-24-22-58-20-18-56-16-12-45/h2-3,5,7-10,13,27-28,30H,4,6,11-12,14-26,29,45H2,1H3,(H,47,52)(H,49,50,54). The fourth-order valence-electron chi connectivity index (χ4n) is 5.84.